The molecule has 0 amide bonds. The highest BCUT2D eigenvalue weighted by atomic mass is 15.3. The summed E-state index contributed by atoms with van der Waals surface area (Å²) < 4.78 is 2.00. The Balaban J connectivity index is 1.85. The molecule has 2 rings (SSSR count). The molecule has 0 bridgehead atoms. The second kappa shape index (κ2) is 6.75. The van der Waals surface area contributed by atoms with E-state index in [1.165, 1.54) is 49.1 Å². The highest BCUT2D eigenvalue weighted by Gasteiger charge is 2.21. The molecule has 0 aliphatic heterocycles. The summed E-state index contributed by atoms with van der Waals surface area (Å²) in [5.41, 5.74) is 3.84. The monoisotopic (exact) mass is 277 g/mol. The number of rotatable bonds is 5. The second-order valence-electron chi connectivity index (χ2n) is 6.63. The Morgan fingerprint density at radius 3 is 2.30 bits per heavy atom. The number of hydrogen-bond acceptors (Lipinski definition) is 2. The lowest BCUT2D eigenvalue weighted by molar-refractivity contribution is 0.258. The Bertz CT molecular complexity index is 428. The summed E-state index contributed by atoms with van der Waals surface area (Å²) in [5, 5.41) is 8.27. The van der Waals surface area contributed by atoms with Crippen LogP contribution in [0.4, 0.5) is 0 Å². The number of aromatic nitrogens is 2. The van der Waals surface area contributed by atoms with Crippen LogP contribution in [-0.4, -0.2) is 16.3 Å². The van der Waals surface area contributed by atoms with Crippen LogP contribution in [-0.2, 0) is 7.05 Å². The Labute approximate surface area is 124 Å². The first-order chi connectivity index (χ1) is 9.52. The van der Waals surface area contributed by atoms with Gasteiger partial charge in [0.25, 0.3) is 0 Å². The van der Waals surface area contributed by atoms with Gasteiger partial charge >= 0.3 is 0 Å². The third kappa shape index (κ3) is 3.43. The van der Waals surface area contributed by atoms with Crippen LogP contribution in [0.15, 0.2) is 0 Å². The van der Waals surface area contributed by atoms with E-state index in [1.54, 1.807) is 0 Å². The first kappa shape index (κ1) is 15.6. The molecule has 1 N–H and O–H groups in total. The first-order valence-corrected chi connectivity index (χ1v) is 8.26. The van der Waals surface area contributed by atoms with E-state index in [2.05, 4.69) is 38.1 Å². The van der Waals surface area contributed by atoms with E-state index in [-0.39, 0.29) is 0 Å². The minimum atomic E-state index is 0.410. The van der Waals surface area contributed by atoms with Crippen molar-refractivity contribution in [2.45, 2.75) is 65.8 Å². The molecule has 1 aliphatic carbocycles. The molecule has 1 aromatic rings. The molecule has 1 unspecified atom stereocenters. The first-order valence-electron chi connectivity index (χ1n) is 8.26. The molecular weight excluding hydrogens is 246 g/mol. The molecule has 0 spiro atoms. The maximum absolute atomic E-state index is 4.52. The van der Waals surface area contributed by atoms with E-state index in [1.807, 2.05) is 11.7 Å². The molecule has 0 aromatic carbocycles. The van der Waals surface area contributed by atoms with E-state index < -0.39 is 0 Å². The number of aryl methyl sites for hydroxylation is 2. The van der Waals surface area contributed by atoms with Crippen molar-refractivity contribution in [2.24, 2.45) is 18.9 Å². The Kier molecular flexibility index (Phi) is 5.25. The summed E-state index contributed by atoms with van der Waals surface area (Å²) in [5.74, 6) is 1.86. The van der Waals surface area contributed by atoms with E-state index in [9.17, 15) is 0 Å². The maximum atomic E-state index is 4.52. The molecule has 1 aliphatic rings. The van der Waals surface area contributed by atoms with Crippen molar-refractivity contribution in [1.82, 2.24) is 15.1 Å². The van der Waals surface area contributed by atoms with Gasteiger partial charge in [-0.15, -0.1) is 0 Å². The second-order valence-corrected chi connectivity index (χ2v) is 6.63. The average molecular weight is 277 g/mol. The Hall–Kier alpha value is -0.830. The van der Waals surface area contributed by atoms with Crippen LogP contribution in [0, 0.1) is 25.7 Å². The van der Waals surface area contributed by atoms with Crippen molar-refractivity contribution >= 4 is 0 Å². The molecule has 1 aromatic heterocycles. The van der Waals surface area contributed by atoms with Gasteiger partial charge in [0.1, 0.15) is 0 Å². The van der Waals surface area contributed by atoms with Gasteiger partial charge in [0.05, 0.1) is 5.69 Å². The van der Waals surface area contributed by atoms with Crippen LogP contribution in [0.1, 0.15) is 68.9 Å². The average Bonchev–Trinajstić information content (AvgIpc) is 2.70. The third-order valence-corrected chi connectivity index (χ3v) is 5.25. The van der Waals surface area contributed by atoms with Gasteiger partial charge in [-0.2, -0.15) is 5.10 Å². The molecule has 0 saturated heterocycles. The minimum absolute atomic E-state index is 0.410. The van der Waals surface area contributed by atoms with Gasteiger partial charge in [0, 0.05) is 24.3 Å². The van der Waals surface area contributed by atoms with E-state index in [0.29, 0.717) is 6.04 Å². The summed E-state index contributed by atoms with van der Waals surface area (Å²) >= 11 is 0. The fraction of sp³-hybridized carbons (Fsp3) is 0.824. The van der Waals surface area contributed by atoms with Gasteiger partial charge < -0.3 is 5.32 Å². The van der Waals surface area contributed by atoms with E-state index in [0.717, 1.165) is 18.4 Å². The normalized spacial score (nSPS) is 24.9. The summed E-state index contributed by atoms with van der Waals surface area (Å²) in [6, 6.07) is 0.410. The predicted octanol–water partition coefficient (Wildman–Crippen LogP) is 3.90. The highest BCUT2D eigenvalue weighted by molar-refractivity contribution is 5.27. The zero-order valence-electron chi connectivity index (χ0n) is 13.9. The van der Waals surface area contributed by atoms with Gasteiger partial charge in [0.2, 0.25) is 0 Å². The lowest BCUT2D eigenvalue weighted by atomic mass is 9.81. The van der Waals surface area contributed by atoms with Crippen molar-refractivity contribution in [3.63, 3.8) is 0 Å². The number of nitrogens with one attached hydrogen (secondary N) is 1. The molecule has 3 nitrogen and oxygen atoms in total. The molecule has 1 atom stereocenters. The topological polar surface area (TPSA) is 29.9 Å². The minimum Gasteiger partial charge on any atom is -0.310 e. The predicted molar refractivity (Wildman–Crippen MR) is 84.8 cm³/mol. The molecule has 20 heavy (non-hydrogen) atoms. The van der Waals surface area contributed by atoms with Crippen molar-refractivity contribution < 1.29 is 0 Å². The zero-order valence-corrected chi connectivity index (χ0v) is 13.9. The van der Waals surface area contributed by atoms with Crippen molar-refractivity contribution in [3.05, 3.63) is 17.0 Å². The zero-order chi connectivity index (χ0) is 14.7. The van der Waals surface area contributed by atoms with Crippen molar-refractivity contribution in [3.8, 4) is 0 Å². The summed E-state index contributed by atoms with van der Waals surface area (Å²) in [7, 11) is 2.03. The van der Waals surface area contributed by atoms with Crippen LogP contribution in [0.5, 0.6) is 0 Å². The van der Waals surface area contributed by atoms with Crippen LogP contribution in [0.25, 0.3) is 0 Å². The van der Waals surface area contributed by atoms with E-state index in [4.69, 9.17) is 0 Å². The van der Waals surface area contributed by atoms with E-state index >= 15 is 0 Å². The molecule has 0 radical (unpaired) electrons. The fourth-order valence-electron chi connectivity index (χ4n) is 3.71. The molecular formula is C17H31N3. The Morgan fingerprint density at radius 1 is 1.20 bits per heavy atom. The van der Waals surface area contributed by atoms with Crippen LogP contribution in [0.3, 0.4) is 0 Å². The fourth-order valence-corrected chi connectivity index (χ4v) is 3.71. The Morgan fingerprint density at radius 2 is 1.80 bits per heavy atom. The largest absolute Gasteiger partial charge is 0.310 e. The smallest absolute Gasteiger partial charge is 0.0644 e. The maximum Gasteiger partial charge on any atom is 0.0644 e. The molecule has 1 heterocycles. The molecule has 3 heteroatoms. The highest BCUT2D eigenvalue weighted by Crippen LogP contribution is 2.30. The van der Waals surface area contributed by atoms with Gasteiger partial charge in [-0.05, 0) is 52.0 Å². The summed E-state index contributed by atoms with van der Waals surface area (Å²) in [6.07, 6.45) is 7.04. The quantitative estimate of drug-likeness (QED) is 0.884. The van der Waals surface area contributed by atoms with Crippen LogP contribution >= 0.6 is 0 Å². The summed E-state index contributed by atoms with van der Waals surface area (Å²) in [6.45, 7) is 10.0. The molecule has 1 saturated carbocycles. The van der Waals surface area contributed by atoms with Gasteiger partial charge in [0.15, 0.2) is 0 Å². The van der Waals surface area contributed by atoms with Gasteiger partial charge in [-0.3, -0.25) is 4.68 Å². The van der Waals surface area contributed by atoms with Crippen LogP contribution < -0.4 is 5.32 Å². The van der Waals surface area contributed by atoms with Crippen LogP contribution in [0.2, 0.25) is 0 Å². The lowest BCUT2D eigenvalue weighted by Crippen LogP contribution is -2.29. The van der Waals surface area contributed by atoms with Crippen molar-refractivity contribution in [2.75, 3.05) is 6.54 Å². The molecule has 114 valence electrons. The third-order valence-electron chi connectivity index (χ3n) is 5.25. The lowest BCUT2D eigenvalue weighted by Gasteiger charge is -2.29. The summed E-state index contributed by atoms with van der Waals surface area (Å²) in [4.78, 5) is 0. The van der Waals surface area contributed by atoms with Gasteiger partial charge in [-0.25, -0.2) is 0 Å². The molecule has 1 fully saturated rings. The van der Waals surface area contributed by atoms with Crippen molar-refractivity contribution in [1.29, 1.82) is 0 Å². The standard InChI is InChI=1S/C17H31N3/c1-6-15-7-9-16(10-8-15)11-18-12(2)17-13(3)19-20(5)14(17)4/h12,15-16,18H,6-11H2,1-5H3. The SMILES string of the molecule is CCC1CCC(CNC(C)c2c(C)nn(C)c2C)CC1. The van der Waals surface area contributed by atoms with Gasteiger partial charge in [-0.1, -0.05) is 26.2 Å². The number of hydrogen-bond donors (Lipinski definition) is 1. The number of nitrogens with zero attached hydrogens (tertiary/aromatic N) is 2.